The largest absolute Gasteiger partial charge is 0.340 e. The molecule has 1 unspecified atom stereocenters. The molecule has 6 nitrogen and oxygen atoms in total. The van der Waals surface area contributed by atoms with Crippen LogP contribution in [-0.4, -0.2) is 62.3 Å². The van der Waals surface area contributed by atoms with Gasteiger partial charge in [-0.15, -0.1) is 12.4 Å². The van der Waals surface area contributed by atoms with E-state index < -0.39 is 10.0 Å². The zero-order chi connectivity index (χ0) is 18.7. The van der Waals surface area contributed by atoms with Crippen LogP contribution in [0.15, 0.2) is 29.2 Å². The van der Waals surface area contributed by atoms with Crippen molar-refractivity contribution in [1.82, 2.24) is 14.5 Å². The lowest BCUT2D eigenvalue weighted by molar-refractivity contribution is -0.132. The second kappa shape index (κ2) is 9.37. The summed E-state index contributed by atoms with van der Waals surface area (Å²) in [5.74, 6) is 0.499. The van der Waals surface area contributed by atoms with Crippen LogP contribution < -0.4 is 5.32 Å². The molecule has 2 fully saturated rings. The molecule has 152 valence electrons. The van der Waals surface area contributed by atoms with Crippen LogP contribution in [0.4, 0.5) is 0 Å². The van der Waals surface area contributed by atoms with Gasteiger partial charge in [-0.3, -0.25) is 4.79 Å². The third-order valence-electron chi connectivity index (χ3n) is 5.36. The van der Waals surface area contributed by atoms with Crippen LogP contribution in [0.5, 0.6) is 0 Å². The predicted octanol–water partition coefficient (Wildman–Crippen LogP) is 2.21. The first-order valence-corrected chi connectivity index (χ1v) is 10.9. The number of amides is 1. The number of rotatable bonds is 5. The van der Waals surface area contributed by atoms with Gasteiger partial charge in [0.15, 0.2) is 0 Å². The van der Waals surface area contributed by atoms with Gasteiger partial charge in [0.1, 0.15) is 0 Å². The molecule has 2 heterocycles. The molecule has 0 aliphatic carbocycles. The van der Waals surface area contributed by atoms with Crippen molar-refractivity contribution < 1.29 is 13.2 Å². The monoisotopic (exact) mass is 415 g/mol. The Morgan fingerprint density at radius 3 is 2.30 bits per heavy atom. The predicted molar refractivity (Wildman–Crippen MR) is 109 cm³/mol. The molecule has 0 bridgehead atoms. The number of carbonyl (C=O) groups excluding carboxylic acids is 1. The number of hydrogen-bond donors (Lipinski definition) is 1. The van der Waals surface area contributed by atoms with Crippen molar-refractivity contribution in [3.05, 3.63) is 29.8 Å². The first kappa shape index (κ1) is 22.1. The molecule has 2 saturated heterocycles. The van der Waals surface area contributed by atoms with Crippen molar-refractivity contribution >= 4 is 28.3 Å². The van der Waals surface area contributed by atoms with Crippen LogP contribution in [0.1, 0.15) is 44.6 Å². The maximum Gasteiger partial charge on any atom is 0.243 e. The van der Waals surface area contributed by atoms with Crippen molar-refractivity contribution in [3.63, 3.8) is 0 Å². The fourth-order valence-corrected chi connectivity index (χ4v) is 5.04. The Hall–Kier alpha value is -1.15. The summed E-state index contributed by atoms with van der Waals surface area (Å²) in [7, 11) is -3.49. The molecule has 2 aliphatic heterocycles. The molecule has 1 aromatic carbocycles. The number of sulfonamides is 1. The molecular formula is C19H30ClN3O3S. The molecule has 0 radical (unpaired) electrons. The van der Waals surface area contributed by atoms with E-state index in [0.717, 1.165) is 24.9 Å². The van der Waals surface area contributed by atoms with Crippen molar-refractivity contribution in [2.45, 2.75) is 50.0 Å². The van der Waals surface area contributed by atoms with Crippen molar-refractivity contribution in [1.29, 1.82) is 0 Å². The van der Waals surface area contributed by atoms with E-state index in [2.05, 4.69) is 19.2 Å². The van der Waals surface area contributed by atoms with Gasteiger partial charge in [-0.05, 0) is 43.0 Å². The number of benzene rings is 1. The van der Waals surface area contributed by atoms with Gasteiger partial charge in [0.05, 0.1) is 4.90 Å². The Morgan fingerprint density at radius 1 is 1.15 bits per heavy atom. The van der Waals surface area contributed by atoms with Crippen molar-refractivity contribution in [2.24, 2.45) is 0 Å². The quantitative estimate of drug-likeness (QED) is 0.800. The summed E-state index contributed by atoms with van der Waals surface area (Å²) in [6.07, 6.45) is 2.69. The number of piperazine rings is 1. The Balaban J connectivity index is 0.00000261. The van der Waals surface area contributed by atoms with Crippen LogP contribution >= 0.6 is 12.4 Å². The molecule has 1 amide bonds. The maximum atomic E-state index is 12.8. The van der Waals surface area contributed by atoms with Crippen LogP contribution in [0.2, 0.25) is 0 Å². The SMILES string of the molecule is CC(C)c1ccc(S(=O)(=O)N2CCN(C(=O)CC3CCCN3)CC2)cc1.Cl. The molecule has 0 spiro atoms. The number of nitrogens with zero attached hydrogens (tertiary/aromatic N) is 2. The first-order chi connectivity index (χ1) is 12.4. The number of hydrogen-bond acceptors (Lipinski definition) is 4. The van der Waals surface area contributed by atoms with Gasteiger partial charge >= 0.3 is 0 Å². The zero-order valence-electron chi connectivity index (χ0n) is 16.1. The van der Waals surface area contributed by atoms with Crippen LogP contribution in [0.25, 0.3) is 0 Å². The summed E-state index contributed by atoms with van der Waals surface area (Å²) in [6.45, 7) is 6.81. The smallest absolute Gasteiger partial charge is 0.243 e. The minimum absolute atomic E-state index is 0. The molecule has 1 N–H and O–H groups in total. The topological polar surface area (TPSA) is 69.7 Å². The third-order valence-corrected chi connectivity index (χ3v) is 7.27. The number of halogens is 1. The first-order valence-electron chi connectivity index (χ1n) is 9.49. The summed E-state index contributed by atoms with van der Waals surface area (Å²) in [5.41, 5.74) is 1.12. The Morgan fingerprint density at radius 2 is 1.78 bits per heavy atom. The molecular weight excluding hydrogens is 386 g/mol. The second-order valence-corrected chi connectivity index (χ2v) is 9.44. The molecule has 8 heteroatoms. The molecule has 0 saturated carbocycles. The summed E-state index contributed by atoms with van der Waals surface area (Å²) in [4.78, 5) is 14.5. The Bertz CT molecular complexity index is 723. The summed E-state index contributed by atoms with van der Waals surface area (Å²) >= 11 is 0. The van der Waals surface area contributed by atoms with E-state index in [9.17, 15) is 13.2 Å². The molecule has 27 heavy (non-hydrogen) atoms. The number of carbonyl (C=O) groups is 1. The highest BCUT2D eigenvalue weighted by atomic mass is 35.5. The van der Waals surface area contributed by atoms with Crippen LogP contribution in [0, 0.1) is 0 Å². The molecule has 1 aromatic rings. The lowest BCUT2D eigenvalue weighted by atomic mass is 10.0. The van der Waals surface area contributed by atoms with Gasteiger partial charge in [-0.25, -0.2) is 8.42 Å². The highest BCUT2D eigenvalue weighted by molar-refractivity contribution is 7.89. The number of nitrogens with one attached hydrogen (secondary N) is 1. The molecule has 2 aliphatic rings. The zero-order valence-corrected chi connectivity index (χ0v) is 17.7. The standard InChI is InChI=1S/C19H29N3O3S.ClH/c1-15(2)16-5-7-18(8-6-16)26(24,25)22-12-10-21(11-13-22)19(23)14-17-4-3-9-20-17;/h5-8,15,17,20H,3-4,9-14H2,1-2H3;1H. The van der Waals surface area contributed by atoms with E-state index >= 15 is 0 Å². The van der Waals surface area contributed by atoms with Crippen molar-refractivity contribution in [3.8, 4) is 0 Å². The second-order valence-electron chi connectivity index (χ2n) is 7.51. The van der Waals surface area contributed by atoms with Gasteiger partial charge in [-0.1, -0.05) is 26.0 Å². The summed E-state index contributed by atoms with van der Waals surface area (Å²) in [5, 5.41) is 3.34. The average Bonchev–Trinajstić information content (AvgIpc) is 3.15. The van der Waals surface area contributed by atoms with Gasteiger partial charge < -0.3 is 10.2 Å². The fraction of sp³-hybridized carbons (Fsp3) is 0.632. The maximum absolute atomic E-state index is 12.8. The summed E-state index contributed by atoms with van der Waals surface area (Å²) < 4.78 is 27.2. The van der Waals surface area contributed by atoms with Crippen LogP contribution in [-0.2, 0) is 14.8 Å². The normalized spacial score (nSPS) is 21.3. The lowest BCUT2D eigenvalue weighted by Crippen LogP contribution is -2.51. The molecule has 1 atom stereocenters. The third kappa shape index (κ3) is 5.22. The van der Waals surface area contributed by atoms with E-state index in [1.54, 1.807) is 17.0 Å². The van der Waals surface area contributed by atoms with E-state index in [4.69, 9.17) is 0 Å². The van der Waals surface area contributed by atoms with E-state index in [-0.39, 0.29) is 24.4 Å². The highest BCUT2D eigenvalue weighted by Crippen LogP contribution is 2.21. The fourth-order valence-electron chi connectivity index (χ4n) is 3.62. The molecule has 0 aromatic heterocycles. The average molecular weight is 416 g/mol. The van der Waals surface area contributed by atoms with E-state index in [1.807, 2.05) is 12.1 Å². The highest BCUT2D eigenvalue weighted by Gasteiger charge is 2.31. The lowest BCUT2D eigenvalue weighted by Gasteiger charge is -2.34. The van der Waals surface area contributed by atoms with E-state index in [1.165, 1.54) is 4.31 Å². The van der Waals surface area contributed by atoms with Crippen molar-refractivity contribution in [2.75, 3.05) is 32.7 Å². The summed E-state index contributed by atoms with van der Waals surface area (Å²) in [6, 6.07) is 7.42. The van der Waals surface area contributed by atoms with E-state index in [0.29, 0.717) is 43.4 Å². The minimum atomic E-state index is -3.49. The van der Waals surface area contributed by atoms with Gasteiger partial charge in [0.2, 0.25) is 15.9 Å². The van der Waals surface area contributed by atoms with Gasteiger partial charge in [0, 0.05) is 38.6 Å². The minimum Gasteiger partial charge on any atom is -0.340 e. The van der Waals surface area contributed by atoms with Crippen LogP contribution in [0.3, 0.4) is 0 Å². The van der Waals surface area contributed by atoms with Gasteiger partial charge in [-0.2, -0.15) is 4.31 Å². The Labute approximate surface area is 168 Å². The van der Waals surface area contributed by atoms with Gasteiger partial charge in [0.25, 0.3) is 0 Å². The molecule has 3 rings (SSSR count). The Kier molecular flexibility index (Phi) is 7.68.